The third-order valence-corrected chi connectivity index (χ3v) is 4.07. The van der Waals surface area contributed by atoms with E-state index in [1.165, 1.54) is 25.5 Å². The molecule has 1 aromatic heterocycles. The molecule has 1 rings (SSSR count). The van der Waals surface area contributed by atoms with E-state index in [0.29, 0.717) is 6.61 Å². The molecule has 0 aliphatic heterocycles. The van der Waals surface area contributed by atoms with Crippen LogP contribution >= 0.6 is 0 Å². The lowest BCUT2D eigenvalue weighted by atomic mass is 10.4. The molecule has 0 unspecified atom stereocenters. The normalized spacial score (nSPS) is 11.7. The van der Waals surface area contributed by atoms with E-state index in [0.717, 1.165) is 4.31 Å². The summed E-state index contributed by atoms with van der Waals surface area (Å²) in [4.78, 5) is 14.0. The Morgan fingerprint density at radius 1 is 1.53 bits per heavy atom. The summed E-state index contributed by atoms with van der Waals surface area (Å²) in [5, 5.41) is 0. The Labute approximate surface area is 101 Å². The Kier molecular flexibility index (Phi) is 4.71. The van der Waals surface area contributed by atoms with Crippen molar-refractivity contribution in [1.29, 1.82) is 0 Å². The van der Waals surface area contributed by atoms with E-state index in [1.54, 1.807) is 6.92 Å². The molecule has 0 fully saturated rings. The van der Waals surface area contributed by atoms with Gasteiger partial charge in [0.25, 0.3) is 0 Å². The van der Waals surface area contributed by atoms with Gasteiger partial charge in [-0.25, -0.2) is 12.7 Å². The molecule has 0 saturated carbocycles. The number of sulfonamides is 1. The Morgan fingerprint density at radius 2 is 2.24 bits per heavy atom. The van der Waals surface area contributed by atoms with Crippen LogP contribution in [0.5, 0.6) is 0 Å². The zero-order chi connectivity index (χ0) is 12.9. The molecular weight excluding hydrogens is 244 g/mol. The lowest BCUT2D eigenvalue weighted by Crippen LogP contribution is -2.29. The van der Waals surface area contributed by atoms with E-state index < -0.39 is 16.0 Å². The van der Waals surface area contributed by atoms with E-state index in [2.05, 4.69) is 4.98 Å². The van der Waals surface area contributed by atoms with Crippen molar-refractivity contribution in [2.24, 2.45) is 0 Å². The van der Waals surface area contributed by atoms with Gasteiger partial charge in [0.15, 0.2) is 0 Å². The molecule has 1 N–H and O–H groups in total. The fraction of sp³-hybridized carbons (Fsp3) is 0.500. The van der Waals surface area contributed by atoms with E-state index in [9.17, 15) is 13.2 Å². The fourth-order valence-corrected chi connectivity index (χ4v) is 2.40. The van der Waals surface area contributed by atoms with Crippen LogP contribution in [0.15, 0.2) is 23.4 Å². The minimum atomic E-state index is -3.51. The first-order valence-electron chi connectivity index (χ1n) is 5.23. The average molecular weight is 260 g/mol. The maximum absolute atomic E-state index is 11.9. The monoisotopic (exact) mass is 260 g/mol. The molecular formula is C10H16N2O4S. The first kappa shape index (κ1) is 13.7. The van der Waals surface area contributed by atoms with Crippen molar-refractivity contribution >= 4 is 16.0 Å². The van der Waals surface area contributed by atoms with Crippen LogP contribution in [-0.2, 0) is 19.6 Å². The number of hydrogen-bond donors (Lipinski definition) is 1. The van der Waals surface area contributed by atoms with Crippen molar-refractivity contribution in [1.82, 2.24) is 9.29 Å². The molecule has 7 heteroatoms. The smallest absolute Gasteiger partial charge is 0.307 e. The summed E-state index contributed by atoms with van der Waals surface area (Å²) < 4.78 is 29.7. The zero-order valence-corrected chi connectivity index (χ0v) is 10.7. The number of carbonyl (C=O) groups is 1. The number of hydrogen-bond acceptors (Lipinski definition) is 4. The molecule has 0 radical (unpaired) electrons. The minimum Gasteiger partial charge on any atom is -0.466 e. The van der Waals surface area contributed by atoms with Crippen LogP contribution in [0.2, 0.25) is 0 Å². The van der Waals surface area contributed by atoms with Crippen molar-refractivity contribution in [2.75, 3.05) is 20.2 Å². The van der Waals surface area contributed by atoms with Crippen LogP contribution in [0, 0.1) is 0 Å². The topological polar surface area (TPSA) is 79.5 Å². The van der Waals surface area contributed by atoms with Crippen molar-refractivity contribution in [3.63, 3.8) is 0 Å². The molecule has 0 saturated heterocycles. The molecule has 0 bridgehead atoms. The van der Waals surface area contributed by atoms with Crippen LogP contribution in [0.1, 0.15) is 13.3 Å². The van der Waals surface area contributed by atoms with Crippen molar-refractivity contribution < 1.29 is 17.9 Å². The Balaban J connectivity index is 2.59. The molecule has 0 spiro atoms. The zero-order valence-electron chi connectivity index (χ0n) is 9.84. The molecule has 0 amide bonds. The van der Waals surface area contributed by atoms with Gasteiger partial charge < -0.3 is 9.72 Å². The molecule has 6 nitrogen and oxygen atoms in total. The Bertz CT molecular complexity index is 453. The number of aromatic nitrogens is 1. The van der Waals surface area contributed by atoms with Gasteiger partial charge >= 0.3 is 5.97 Å². The number of carbonyl (C=O) groups excluding carboxylic acids is 1. The standard InChI is InChI=1S/C10H16N2O4S/c1-3-16-10(13)5-7-12(2)17(14,15)9-4-6-11-8-9/h4,6,8,11H,3,5,7H2,1-2H3. The number of aromatic amines is 1. The van der Waals surface area contributed by atoms with Crippen LogP contribution in [0.4, 0.5) is 0 Å². The van der Waals surface area contributed by atoms with Gasteiger partial charge in [-0.1, -0.05) is 0 Å². The van der Waals surface area contributed by atoms with Gasteiger partial charge in [0, 0.05) is 26.0 Å². The molecule has 0 aromatic carbocycles. The van der Waals surface area contributed by atoms with Crippen LogP contribution in [0.3, 0.4) is 0 Å². The van der Waals surface area contributed by atoms with Gasteiger partial charge in [-0.15, -0.1) is 0 Å². The van der Waals surface area contributed by atoms with E-state index >= 15 is 0 Å². The quantitative estimate of drug-likeness (QED) is 0.759. The molecule has 0 aliphatic rings. The van der Waals surface area contributed by atoms with Gasteiger partial charge in [0.05, 0.1) is 17.9 Å². The first-order valence-corrected chi connectivity index (χ1v) is 6.67. The summed E-state index contributed by atoms with van der Waals surface area (Å²) in [5.74, 6) is -0.399. The predicted molar refractivity (Wildman–Crippen MR) is 61.9 cm³/mol. The molecule has 1 aromatic rings. The third kappa shape index (κ3) is 3.57. The highest BCUT2D eigenvalue weighted by Crippen LogP contribution is 2.12. The molecule has 0 aliphatic carbocycles. The third-order valence-electron chi connectivity index (χ3n) is 2.21. The Morgan fingerprint density at radius 3 is 2.76 bits per heavy atom. The number of esters is 1. The van der Waals surface area contributed by atoms with Crippen LogP contribution in [-0.4, -0.2) is 43.9 Å². The molecule has 0 atom stereocenters. The number of rotatable bonds is 6. The van der Waals surface area contributed by atoms with Gasteiger partial charge in [0.2, 0.25) is 10.0 Å². The van der Waals surface area contributed by atoms with Gasteiger partial charge in [0.1, 0.15) is 0 Å². The van der Waals surface area contributed by atoms with Gasteiger partial charge in [-0.2, -0.15) is 0 Å². The van der Waals surface area contributed by atoms with E-state index in [1.807, 2.05) is 0 Å². The van der Waals surface area contributed by atoms with Crippen molar-refractivity contribution in [3.05, 3.63) is 18.5 Å². The largest absolute Gasteiger partial charge is 0.466 e. The van der Waals surface area contributed by atoms with Crippen molar-refractivity contribution in [3.8, 4) is 0 Å². The summed E-state index contributed by atoms with van der Waals surface area (Å²) in [7, 11) is -2.08. The van der Waals surface area contributed by atoms with Crippen LogP contribution in [0.25, 0.3) is 0 Å². The molecule has 17 heavy (non-hydrogen) atoms. The van der Waals surface area contributed by atoms with Gasteiger partial charge in [-0.05, 0) is 13.0 Å². The van der Waals surface area contributed by atoms with E-state index in [-0.39, 0.29) is 17.9 Å². The lowest BCUT2D eigenvalue weighted by Gasteiger charge is -2.15. The molecule has 1 heterocycles. The summed E-state index contributed by atoms with van der Waals surface area (Å²) in [6.45, 7) is 2.11. The van der Waals surface area contributed by atoms with Gasteiger partial charge in [-0.3, -0.25) is 4.79 Å². The number of nitrogens with one attached hydrogen (secondary N) is 1. The SMILES string of the molecule is CCOC(=O)CCN(C)S(=O)(=O)c1cc[nH]c1. The summed E-state index contributed by atoms with van der Waals surface area (Å²) >= 11 is 0. The highest BCUT2D eigenvalue weighted by atomic mass is 32.2. The predicted octanol–water partition coefficient (Wildman–Crippen LogP) is 0.588. The second-order valence-corrected chi connectivity index (χ2v) is 5.47. The first-order chi connectivity index (χ1) is 7.98. The second-order valence-electron chi connectivity index (χ2n) is 3.43. The molecule has 96 valence electrons. The summed E-state index contributed by atoms with van der Waals surface area (Å²) in [6.07, 6.45) is 2.98. The maximum atomic E-state index is 11.9. The fourth-order valence-electron chi connectivity index (χ4n) is 1.25. The number of ether oxygens (including phenoxy) is 1. The highest BCUT2D eigenvalue weighted by molar-refractivity contribution is 7.89. The Hall–Kier alpha value is -1.34. The summed E-state index contributed by atoms with van der Waals surface area (Å²) in [6, 6.07) is 1.47. The van der Waals surface area contributed by atoms with Crippen molar-refractivity contribution in [2.45, 2.75) is 18.2 Å². The minimum absolute atomic E-state index is 0.0496. The van der Waals surface area contributed by atoms with Crippen LogP contribution < -0.4 is 0 Å². The van der Waals surface area contributed by atoms with E-state index in [4.69, 9.17) is 4.74 Å². The number of nitrogens with zero attached hydrogens (tertiary/aromatic N) is 1. The number of H-pyrrole nitrogens is 1. The summed E-state index contributed by atoms with van der Waals surface area (Å²) in [5.41, 5.74) is 0. The average Bonchev–Trinajstić information content (AvgIpc) is 2.80. The maximum Gasteiger partial charge on any atom is 0.307 e. The highest BCUT2D eigenvalue weighted by Gasteiger charge is 2.21. The lowest BCUT2D eigenvalue weighted by molar-refractivity contribution is -0.143. The second kappa shape index (κ2) is 5.83.